The number of carbonyl (C=O) groups excluding carboxylic acids is 1. The van der Waals surface area contributed by atoms with Crippen molar-refractivity contribution < 1.29 is 18.1 Å². The zero-order chi connectivity index (χ0) is 21.4. The zero-order valence-corrected chi connectivity index (χ0v) is 18.5. The molecule has 2 aliphatic rings. The Hall–Kier alpha value is -1.95. The summed E-state index contributed by atoms with van der Waals surface area (Å²) < 4.78 is 27.9. The highest BCUT2D eigenvalue weighted by Gasteiger charge is 2.43. The lowest BCUT2D eigenvalue weighted by molar-refractivity contribution is -0.895. The lowest BCUT2D eigenvalue weighted by atomic mass is 9.98. The first-order valence-electron chi connectivity index (χ1n) is 10.2. The fourth-order valence-electron chi connectivity index (χ4n) is 4.37. The van der Waals surface area contributed by atoms with E-state index in [1.165, 1.54) is 4.31 Å². The number of piperazine rings is 1. The summed E-state index contributed by atoms with van der Waals surface area (Å²) in [6.45, 7) is 9.60. The van der Waals surface area contributed by atoms with Gasteiger partial charge in [0, 0.05) is 0 Å². The summed E-state index contributed by atoms with van der Waals surface area (Å²) in [6.07, 6.45) is 1.96. The van der Waals surface area contributed by atoms with Crippen molar-refractivity contribution in [1.82, 2.24) is 9.62 Å². The van der Waals surface area contributed by atoms with E-state index in [1.807, 2.05) is 32.9 Å². The van der Waals surface area contributed by atoms with Crippen LogP contribution in [0.25, 0.3) is 0 Å². The molecule has 1 aliphatic heterocycles. The van der Waals surface area contributed by atoms with Gasteiger partial charge in [0.25, 0.3) is 5.91 Å². The summed E-state index contributed by atoms with van der Waals surface area (Å²) in [4.78, 5) is 13.9. The van der Waals surface area contributed by atoms with E-state index in [9.17, 15) is 18.5 Å². The number of hydrogen-bond acceptors (Lipinski definition) is 4. The van der Waals surface area contributed by atoms with Crippen LogP contribution in [0.1, 0.15) is 36.5 Å². The highest BCUT2D eigenvalue weighted by atomic mass is 32.2. The molecule has 0 bridgehead atoms. The van der Waals surface area contributed by atoms with Crippen molar-refractivity contribution in [1.29, 1.82) is 5.26 Å². The zero-order valence-electron chi connectivity index (χ0n) is 17.7. The minimum atomic E-state index is -3.55. The number of amides is 1. The van der Waals surface area contributed by atoms with Crippen molar-refractivity contribution in [3.8, 4) is 6.07 Å². The number of rotatable bonds is 6. The Labute approximate surface area is 173 Å². The molecule has 8 heteroatoms. The standard InChI is InChI=1S/C21H30N4O3S/c1-15-11-16(2)20(17(3)12-15)29(27,28)25-9-7-24(8-10-25)13-19(26)23-21(4,14-22)18-5-6-18/h11-12,18H,5-10,13H2,1-4H3,(H,23,26)/p+1/t21-/m0/s1. The minimum Gasteiger partial charge on any atom is -0.333 e. The van der Waals surface area contributed by atoms with Crippen LogP contribution < -0.4 is 10.2 Å². The van der Waals surface area contributed by atoms with Crippen LogP contribution >= 0.6 is 0 Å². The van der Waals surface area contributed by atoms with E-state index in [0.29, 0.717) is 31.1 Å². The highest BCUT2D eigenvalue weighted by Crippen LogP contribution is 2.39. The van der Waals surface area contributed by atoms with Crippen LogP contribution in [0, 0.1) is 38.0 Å². The number of nitrogens with one attached hydrogen (secondary N) is 2. The van der Waals surface area contributed by atoms with Crippen LogP contribution in [0.5, 0.6) is 0 Å². The Morgan fingerprint density at radius 3 is 2.28 bits per heavy atom. The second-order valence-corrected chi connectivity index (χ2v) is 10.6. The molecule has 1 aliphatic carbocycles. The third-order valence-electron chi connectivity index (χ3n) is 6.07. The molecule has 2 N–H and O–H groups in total. The van der Waals surface area contributed by atoms with Gasteiger partial charge in [-0.2, -0.15) is 9.57 Å². The smallest absolute Gasteiger partial charge is 0.276 e. The summed E-state index contributed by atoms with van der Waals surface area (Å²) in [5.41, 5.74) is 1.80. The molecule has 1 aromatic rings. The summed E-state index contributed by atoms with van der Waals surface area (Å²) >= 11 is 0. The molecule has 2 fully saturated rings. The molecular weight excluding hydrogens is 388 g/mol. The monoisotopic (exact) mass is 419 g/mol. The Morgan fingerprint density at radius 1 is 1.24 bits per heavy atom. The molecule has 29 heavy (non-hydrogen) atoms. The number of sulfonamides is 1. The molecule has 1 saturated heterocycles. The van der Waals surface area contributed by atoms with Gasteiger partial charge in [0.05, 0.1) is 37.1 Å². The van der Waals surface area contributed by atoms with Crippen LogP contribution in [-0.4, -0.2) is 56.9 Å². The van der Waals surface area contributed by atoms with Crippen molar-refractivity contribution in [2.75, 3.05) is 32.7 Å². The maximum absolute atomic E-state index is 13.2. The normalized spacial score (nSPS) is 20.7. The molecule has 1 atom stereocenters. The van der Waals surface area contributed by atoms with Crippen molar-refractivity contribution in [3.63, 3.8) is 0 Å². The fraction of sp³-hybridized carbons (Fsp3) is 0.619. The molecule has 0 unspecified atom stereocenters. The molecule has 1 amide bonds. The van der Waals surface area contributed by atoms with Crippen molar-refractivity contribution in [3.05, 3.63) is 28.8 Å². The molecule has 158 valence electrons. The third kappa shape index (κ3) is 4.63. The minimum absolute atomic E-state index is 0.141. The quantitative estimate of drug-likeness (QED) is 0.694. The average molecular weight is 420 g/mol. The van der Waals surface area contributed by atoms with Gasteiger partial charge in [-0.05, 0) is 57.6 Å². The van der Waals surface area contributed by atoms with Crippen molar-refractivity contribution >= 4 is 15.9 Å². The molecule has 1 saturated carbocycles. The number of carbonyl (C=O) groups is 1. The topological polar surface area (TPSA) is 94.7 Å². The number of hydrogen-bond donors (Lipinski definition) is 2. The summed E-state index contributed by atoms with van der Waals surface area (Å²) in [6, 6.07) is 6.04. The molecule has 0 spiro atoms. The molecule has 1 heterocycles. The van der Waals surface area contributed by atoms with E-state index in [4.69, 9.17) is 0 Å². The average Bonchev–Trinajstić information content (AvgIpc) is 3.46. The molecule has 0 aromatic heterocycles. The van der Waals surface area contributed by atoms with Crippen LogP contribution in [-0.2, 0) is 14.8 Å². The Kier molecular flexibility index (Phi) is 6.04. The van der Waals surface area contributed by atoms with Gasteiger partial charge in [-0.1, -0.05) is 17.7 Å². The highest BCUT2D eigenvalue weighted by molar-refractivity contribution is 7.89. The second-order valence-electron chi connectivity index (χ2n) is 8.70. The van der Waals surface area contributed by atoms with Crippen LogP contribution in [0.3, 0.4) is 0 Å². The van der Waals surface area contributed by atoms with E-state index in [2.05, 4.69) is 11.4 Å². The van der Waals surface area contributed by atoms with Gasteiger partial charge in [0.1, 0.15) is 5.54 Å². The van der Waals surface area contributed by atoms with Gasteiger partial charge in [-0.15, -0.1) is 0 Å². The van der Waals surface area contributed by atoms with E-state index in [0.717, 1.165) is 34.4 Å². The first-order chi connectivity index (χ1) is 13.6. The Morgan fingerprint density at radius 2 is 1.79 bits per heavy atom. The Balaban J connectivity index is 1.60. The van der Waals surface area contributed by atoms with E-state index in [-0.39, 0.29) is 18.4 Å². The Bertz CT molecular complexity index is 918. The van der Waals surface area contributed by atoms with Crippen LogP contribution in [0.2, 0.25) is 0 Å². The maximum atomic E-state index is 13.2. The number of aryl methyl sites for hydroxylation is 3. The summed E-state index contributed by atoms with van der Waals surface area (Å²) in [7, 11) is -3.55. The van der Waals surface area contributed by atoms with Crippen molar-refractivity contribution in [2.24, 2.45) is 5.92 Å². The van der Waals surface area contributed by atoms with Gasteiger partial charge in [0.2, 0.25) is 10.0 Å². The van der Waals surface area contributed by atoms with Crippen molar-refractivity contribution in [2.45, 2.75) is 51.0 Å². The van der Waals surface area contributed by atoms with Crippen LogP contribution in [0.4, 0.5) is 0 Å². The first kappa shape index (κ1) is 21.8. The molecular formula is C21H31N4O3S+. The fourth-order valence-corrected chi connectivity index (χ4v) is 6.22. The van der Waals surface area contributed by atoms with Gasteiger partial charge in [0.15, 0.2) is 6.54 Å². The van der Waals surface area contributed by atoms with Gasteiger partial charge in [-0.3, -0.25) is 4.79 Å². The SMILES string of the molecule is Cc1cc(C)c(S(=O)(=O)N2CC[NH+](CC(=O)N[C@@](C)(C#N)C3CC3)CC2)c(C)c1. The summed E-state index contributed by atoms with van der Waals surface area (Å²) in [5, 5.41) is 12.3. The molecule has 1 aromatic carbocycles. The van der Waals surface area contributed by atoms with Gasteiger partial charge >= 0.3 is 0 Å². The largest absolute Gasteiger partial charge is 0.333 e. The second kappa shape index (κ2) is 8.05. The van der Waals surface area contributed by atoms with E-state index in [1.54, 1.807) is 6.92 Å². The summed E-state index contributed by atoms with van der Waals surface area (Å²) in [5.74, 6) is 0.104. The maximum Gasteiger partial charge on any atom is 0.276 e. The number of nitriles is 1. The lowest BCUT2D eigenvalue weighted by Gasteiger charge is -2.32. The number of benzene rings is 1. The van der Waals surface area contributed by atoms with Crippen LogP contribution in [0.15, 0.2) is 17.0 Å². The predicted molar refractivity (Wildman–Crippen MR) is 110 cm³/mol. The molecule has 7 nitrogen and oxygen atoms in total. The lowest BCUT2D eigenvalue weighted by Crippen LogP contribution is -3.16. The third-order valence-corrected chi connectivity index (χ3v) is 8.27. The molecule has 0 radical (unpaired) electrons. The van der Waals surface area contributed by atoms with Gasteiger partial charge in [-0.25, -0.2) is 8.42 Å². The first-order valence-corrected chi connectivity index (χ1v) is 11.6. The van der Waals surface area contributed by atoms with E-state index < -0.39 is 15.6 Å². The number of nitrogens with zero attached hydrogens (tertiary/aromatic N) is 2. The van der Waals surface area contributed by atoms with Gasteiger partial charge < -0.3 is 10.2 Å². The van der Waals surface area contributed by atoms with E-state index >= 15 is 0 Å². The molecule has 3 rings (SSSR count). The number of quaternary nitrogens is 1. The predicted octanol–water partition coefficient (Wildman–Crippen LogP) is 0.310.